The number of H-pyrrole nitrogens is 1. The summed E-state index contributed by atoms with van der Waals surface area (Å²) in [5.74, 6) is 1.64. The maximum atomic E-state index is 11.4. The first kappa shape index (κ1) is 15.2. The van der Waals surface area contributed by atoms with Crippen LogP contribution in [0, 0.1) is 0 Å². The number of primary sulfonamides is 1. The SMILES string of the molecule is NS(=O)(=O)c1ccc(-c2ccnc(Nc3cc(C4CC4)[nH]n3)n2)s1.[HH].[HH].[HH].[HH]. The lowest BCUT2D eigenvalue weighted by molar-refractivity contribution is 0.600. The summed E-state index contributed by atoms with van der Waals surface area (Å²) in [6.45, 7) is 0. The maximum Gasteiger partial charge on any atom is 0.247 e. The van der Waals surface area contributed by atoms with Crippen molar-refractivity contribution in [1.29, 1.82) is 0 Å². The molecule has 4 rings (SSSR count). The Morgan fingerprint density at radius 1 is 1.33 bits per heavy atom. The van der Waals surface area contributed by atoms with Crippen LogP contribution in [0.5, 0.6) is 0 Å². The first-order valence-corrected chi connectivity index (χ1v) is 9.64. The van der Waals surface area contributed by atoms with Crippen molar-refractivity contribution in [3.8, 4) is 10.6 Å². The van der Waals surface area contributed by atoms with E-state index < -0.39 is 10.0 Å². The summed E-state index contributed by atoms with van der Waals surface area (Å²) in [7, 11) is -3.70. The molecule has 8 nitrogen and oxygen atoms in total. The fraction of sp³-hybridized carbons (Fsp3) is 0.214. The Hall–Kier alpha value is -2.30. The molecule has 0 aliphatic heterocycles. The van der Waals surface area contributed by atoms with Crippen molar-refractivity contribution in [1.82, 2.24) is 20.2 Å². The molecule has 132 valence electrons. The van der Waals surface area contributed by atoms with E-state index in [2.05, 4.69) is 25.5 Å². The fourth-order valence-electron chi connectivity index (χ4n) is 2.29. The molecule has 0 amide bonds. The van der Waals surface area contributed by atoms with Crippen molar-refractivity contribution in [3.63, 3.8) is 0 Å². The van der Waals surface area contributed by atoms with Gasteiger partial charge in [0.25, 0.3) is 0 Å². The van der Waals surface area contributed by atoms with Gasteiger partial charge >= 0.3 is 0 Å². The van der Waals surface area contributed by atoms with Crippen molar-refractivity contribution >= 4 is 33.1 Å². The average Bonchev–Trinajstić information content (AvgIpc) is 3.08. The normalized spacial score (nSPS) is 14.7. The third kappa shape index (κ3) is 3.16. The van der Waals surface area contributed by atoms with Gasteiger partial charge < -0.3 is 5.32 Å². The highest BCUT2D eigenvalue weighted by Gasteiger charge is 2.25. The molecule has 0 aromatic carbocycles. The van der Waals surface area contributed by atoms with Crippen molar-refractivity contribution in [2.75, 3.05) is 5.32 Å². The molecule has 1 aliphatic rings. The van der Waals surface area contributed by atoms with Gasteiger partial charge in [0.1, 0.15) is 4.21 Å². The fourth-order valence-corrected chi connectivity index (χ4v) is 3.98. The van der Waals surface area contributed by atoms with Crippen LogP contribution in [0.3, 0.4) is 0 Å². The largest absolute Gasteiger partial charge is 0.307 e. The zero-order valence-corrected chi connectivity index (χ0v) is 14.1. The molecule has 0 unspecified atom stereocenters. The zero-order chi connectivity index (χ0) is 16.7. The van der Waals surface area contributed by atoms with Gasteiger partial charge in [0.05, 0.1) is 10.6 Å². The lowest BCUT2D eigenvalue weighted by atomic mass is 10.3. The van der Waals surface area contributed by atoms with Gasteiger partial charge in [-0.3, -0.25) is 5.10 Å². The van der Waals surface area contributed by atoms with Gasteiger partial charge in [-0.2, -0.15) is 5.10 Å². The van der Waals surface area contributed by atoms with Crippen molar-refractivity contribution in [2.24, 2.45) is 5.14 Å². The molecule has 24 heavy (non-hydrogen) atoms. The predicted octanol–water partition coefficient (Wildman–Crippen LogP) is 3.18. The van der Waals surface area contributed by atoms with Gasteiger partial charge in [0.2, 0.25) is 16.0 Å². The molecular weight excluding hydrogens is 348 g/mol. The van der Waals surface area contributed by atoms with Crippen LogP contribution >= 0.6 is 11.3 Å². The molecule has 0 atom stereocenters. The van der Waals surface area contributed by atoms with Gasteiger partial charge in [-0.15, -0.1) is 11.3 Å². The van der Waals surface area contributed by atoms with E-state index in [1.54, 1.807) is 18.3 Å². The Bertz CT molecular complexity index is 1010. The summed E-state index contributed by atoms with van der Waals surface area (Å²) < 4.78 is 22.9. The number of aromatic amines is 1. The lowest BCUT2D eigenvalue weighted by Gasteiger charge is -2.02. The highest BCUT2D eigenvalue weighted by molar-refractivity contribution is 7.91. The summed E-state index contributed by atoms with van der Waals surface area (Å²) in [5.41, 5.74) is 1.73. The molecule has 10 heteroatoms. The van der Waals surface area contributed by atoms with E-state index in [1.165, 1.54) is 18.9 Å². The standard InChI is InChI=1S/C14H14N6O2S2.4H2/c15-24(21,22)13-4-3-11(23-13)9-5-6-16-14(17-9)18-12-7-10(19-20-12)8-1-2-8;;;;/h3-8H,1-2H2,(H2,15,21,22)(H2,16,17,18,19,20);4*1H. The maximum absolute atomic E-state index is 11.4. The van der Waals surface area contributed by atoms with E-state index in [0.717, 1.165) is 17.0 Å². The predicted molar refractivity (Wildman–Crippen MR) is 99.0 cm³/mol. The minimum absolute atomic E-state index is 0. The van der Waals surface area contributed by atoms with Crippen molar-refractivity contribution < 1.29 is 14.1 Å². The first-order valence-electron chi connectivity index (χ1n) is 7.27. The number of sulfonamides is 1. The van der Waals surface area contributed by atoms with E-state index in [4.69, 9.17) is 5.14 Å². The number of nitrogens with one attached hydrogen (secondary N) is 2. The molecule has 1 saturated carbocycles. The zero-order valence-electron chi connectivity index (χ0n) is 12.4. The number of rotatable bonds is 5. The highest BCUT2D eigenvalue weighted by Crippen LogP contribution is 2.39. The van der Waals surface area contributed by atoms with Crippen LogP contribution in [0.1, 0.15) is 30.2 Å². The van der Waals surface area contributed by atoms with Crippen LogP contribution in [-0.2, 0) is 10.0 Å². The Kier molecular flexibility index (Phi) is 3.59. The second-order valence-corrected chi connectivity index (χ2v) is 8.41. The molecule has 0 spiro atoms. The topological polar surface area (TPSA) is 127 Å². The summed E-state index contributed by atoms with van der Waals surface area (Å²) in [6, 6.07) is 6.82. The number of hydrogen-bond acceptors (Lipinski definition) is 7. The third-order valence-electron chi connectivity index (χ3n) is 3.62. The number of thiophene rings is 1. The van der Waals surface area contributed by atoms with E-state index in [-0.39, 0.29) is 9.92 Å². The molecule has 3 aromatic heterocycles. The molecule has 3 aromatic rings. The van der Waals surface area contributed by atoms with Crippen molar-refractivity contribution in [3.05, 3.63) is 36.2 Å². The molecule has 1 aliphatic carbocycles. The molecule has 0 bridgehead atoms. The van der Waals surface area contributed by atoms with Crippen LogP contribution in [0.4, 0.5) is 11.8 Å². The second kappa shape index (κ2) is 5.65. The molecule has 0 radical (unpaired) electrons. The minimum Gasteiger partial charge on any atom is -0.307 e. The minimum atomic E-state index is -3.70. The molecular formula is C14H22N6O2S2. The van der Waals surface area contributed by atoms with Gasteiger partial charge in [-0.25, -0.2) is 23.5 Å². The first-order chi connectivity index (χ1) is 11.5. The van der Waals surface area contributed by atoms with Gasteiger partial charge in [0.15, 0.2) is 5.82 Å². The van der Waals surface area contributed by atoms with Crippen LogP contribution in [0.15, 0.2) is 34.7 Å². The van der Waals surface area contributed by atoms with E-state index in [1.807, 2.05) is 6.07 Å². The average molecular weight is 371 g/mol. The van der Waals surface area contributed by atoms with Gasteiger partial charge in [-0.1, -0.05) is 0 Å². The monoisotopic (exact) mass is 370 g/mol. The molecule has 4 N–H and O–H groups in total. The summed E-state index contributed by atoms with van der Waals surface area (Å²) in [4.78, 5) is 9.27. The van der Waals surface area contributed by atoms with E-state index in [9.17, 15) is 8.42 Å². The summed E-state index contributed by atoms with van der Waals surface area (Å²) in [5, 5.41) is 15.4. The summed E-state index contributed by atoms with van der Waals surface area (Å²) >= 11 is 1.07. The number of nitrogens with two attached hydrogens (primary N) is 1. The summed E-state index contributed by atoms with van der Waals surface area (Å²) in [6.07, 6.45) is 3.99. The van der Waals surface area contributed by atoms with E-state index >= 15 is 0 Å². The quantitative estimate of drug-likeness (QED) is 0.633. The molecule has 3 heterocycles. The van der Waals surface area contributed by atoms with Crippen LogP contribution in [0.2, 0.25) is 0 Å². The molecule has 0 saturated heterocycles. The lowest BCUT2D eigenvalue weighted by Crippen LogP contribution is -2.09. The van der Waals surface area contributed by atoms with Gasteiger partial charge in [-0.05, 0) is 31.0 Å². The van der Waals surface area contributed by atoms with Crippen LogP contribution in [-0.4, -0.2) is 28.6 Å². The van der Waals surface area contributed by atoms with Gasteiger partial charge in [0, 0.05) is 29.6 Å². The van der Waals surface area contributed by atoms with Crippen molar-refractivity contribution in [2.45, 2.75) is 23.0 Å². The second-order valence-electron chi connectivity index (χ2n) is 5.54. The third-order valence-corrected chi connectivity index (χ3v) is 6.17. The Balaban J connectivity index is 0.00000182. The van der Waals surface area contributed by atoms with E-state index in [0.29, 0.717) is 28.3 Å². The number of anilines is 2. The number of aromatic nitrogens is 4. The van der Waals surface area contributed by atoms with Crippen LogP contribution in [0.25, 0.3) is 10.6 Å². The Morgan fingerprint density at radius 2 is 2.17 bits per heavy atom. The Labute approximate surface area is 148 Å². The molecule has 1 fully saturated rings. The Morgan fingerprint density at radius 3 is 2.88 bits per heavy atom. The smallest absolute Gasteiger partial charge is 0.247 e. The number of nitrogens with zero attached hydrogens (tertiary/aromatic N) is 3. The number of hydrogen-bond donors (Lipinski definition) is 3. The highest BCUT2D eigenvalue weighted by atomic mass is 32.2. The van der Waals surface area contributed by atoms with Crippen LogP contribution < -0.4 is 10.5 Å².